The molecule has 0 saturated carbocycles. The second-order valence-corrected chi connectivity index (χ2v) is 4.59. The van der Waals surface area contributed by atoms with Gasteiger partial charge >= 0.3 is 0 Å². The van der Waals surface area contributed by atoms with E-state index >= 15 is 0 Å². The summed E-state index contributed by atoms with van der Waals surface area (Å²) in [6.45, 7) is 3.16. The Morgan fingerprint density at radius 1 is 1.19 bits per heavy atom. The number of amides is 1. The highest BCUT2D eigenvalue weighted by Crippen LogP contribution is 2.27. The molecule has 6 heteroatoms. The summed E-state index contributed by atoms with van der Waals surface area (Å²) in [5.41, 5.74) is 5.35. The lowest BCUT2D eigenvalue weighted by Crippen LogP contribution is -2.42. The summed E-state index contributed by atoms with van der Waals surface area (Å²) < 4.78 is 16.0. The Bertz CT molecular complexity index is 429. The number of methoxy groups -OCH3 is 2. The van der Waals surface area contributed by atoms with Crippen molar-refractivity contribution in [1.82, 2.24) is 5.32 Å². The molecule has 1 atom stereocenters. The van der Waals surface area contributed by atoms with Gasteiger partial charge in [-0.2, -0.15) is 0 Å². The minimum absolute atomic E-state index is 0.365. The molecule has 0 aliphatic carbocycles. The van der Waals surface area contributed by atoms with Gasteiger partial charge < -0.3 is 25.3 Å². The van der Waals surface area contributed by atoms with Crippen LogP contribution < -0.4 is 25.3 Å². The standard InChI is InChI=1S/C15H24N2O4/c1-4-6-17-14(15(16)18)5-7-21-13-9-11(19-2)8-12(10-13)20-3/h8-10,14,17H,4-7H2,1-3H3,(H2,16,18). The van der Waals surface area contributed by atoms with Crippen molar-refractivity contribution in [2.75, 3.05) is 27.4 Å². The highest BCUT2D eigenvalue weighted by atomic mass is 16.5. The van der Waals surface area contributed by atoms with E-state index in [1.165, 1.54) is 0 Å². The molecule has 0 aliphatic heterocycles. The molecule has 1 aromatic rings. The number of hydrogen-bond acceptors (Lipinski definition) is 5. The smallest absolute Gasteiger partial charge is 0.234 e. The molecule has 0 bridgehead atoms. The predicted octanol–water partition coefficient (Wildman–Crippen LogP) is 1.33. The first-order valence-electron chi connectivity index (χ1n) is 6.99. The normalized spacial score (nSPS) is 11.8. The number of nitrogens with one attached hydrogen (secondary N) is 1. The first kappa shape index (κ1) is 17.1. The Morgan fingerprint density at radius 2 is 1.76 bits per heavy atom. The molecule has 0 heterocycles. The lowest BCUT2D eigenvalue weighted by Gasteiger charge is -2.16. The molecule has 1 unspecified atom stereocenters. The van der Waals surface area contributed by atoms with Gasteiger partial charge in [-0.15, -0.1) is 0 Å². The average Bonchev–Trinajstić information content (AvgIpc) is 2.49. The van der Waals surface area contributed by atoms with Gasteiger partial charge in [0.1, 0.15) is 17.2 Å². The van der Waals surface area contributed by atoms with Gasteiger partial charge in [-0.25, -0.2) is 0 Å². The van der Waals surface area contributed by atoms with Crippen molar-refractivity contribution < 1.29 is 19.0 Å². The quantitative estimate of drug-likeness (QED) is 0.680. The van der Waals surface area contributed by atoms with Gasteiger partial charge in [0, 0.05) is 24.6 Å². The van der Waals surface area contributed by atoms with Crippen LogP contribution in [0.3, 0.4) is 0 Å². The Kier molecular flexibility index (Phi) is 7.39. The van der Waals surface area contributed by atoms with Crippen molar-refractivity contribution in [3.63, 3.8) is 0 Å². The highest BCUT2D eigenvalue weighted by Gasteiger charge is 2.14. The van der Waals surface area contributed by atoms with Crippen LogP contribution in [0.25, 0.3) is 0 Å². The molecule has 0 fully saturated rings. The van der Waals surface area contributed by atoms with Crippen LogP contribution >= 0.6 is 0 Å². The van der Waals surface area contributed by atoms with E-state index in [0.29, 0.717) is 30.3 Å². The lowest BCUT2D eigenvalue weighted by atomic mass is 10.2. The van der Waals surface area contributed by atoms with Gasteiger partial charge in [0.05, 0.1) is 26.9 Å². The zero-order valence-corrected chi connectivity index (χ0v) is 12.8. The number of carbonyl (C=O) groups is 1. The summed E-state index contributed by atoms with van der Waals surface area (Å²) >= 11 is 0. The zero-order valence-electron chi connectivity index (χ0n) is 12.8. The summed E-state index contributed by atoms with van der Waals surface area (Å²) in [7, 11) is 3.16. The summed E-state index contributed by atoms with van der Waals surface area (Å²) in [5.74, 6) is 1.57. The Labute approximate surface area is 125 Å². The van der Waals surface area contributed by atoms with Crippen LogP contribution in [-0.2, 0) is 4.79 Å². The maximum absolute atomic E-state index is 11.3. The lowest BCUT2D eigenvalue weighted by molar-refractivity contribution is -0.120. The van der Waals surface area contributed by atoms with Gasteiger partial charge in [-0.05, 0) is 13.0 Å². The first-order valence-corrected chi connectivity index (χ1v) is 6.99. The molecular weight excluding hydrogens is 272 g/mol. The van der Waals surface area contributed by atoms with Crippen LogP contribution in [0.4, 0.5) is 0 Å². The van der Waals surface area contributed by atoms with Crippen LogP contribution in [0.5, 0.6) is 17.2 Å². The molecule has 6 nitrogen and oxygen atoms in total. The summed E-state index contributed by atoms with van der Waals surface area (Å²) in [5, 5.41) is 3.10. The predicted molar refractivity (Wildman–Crippen MR) is 80.9 cm³/mol. The van der Waals surface area contributed by atoms with Crippen molar-refractivity contribution in [1.29, 1.82) is 0 Å². The van der Waals surface area contributed by atoms with E-state index in [-0.39, 0.29) is 11.9 Å². The van der Waals surface area contributed by atoms with E-state index in [1.54, 1.807) is 32.4 Å². The number of benzene rings is 1. The van der Waals surface area contributed by atoms with Gasteiger partial charge in [-0.3, -0.25) is 4.79 Å². The molecule has 1 aromatic carbocycles. The number of nitrogens with two attached hydrogens (primary N) is 1. The van der Waals surface area contributed by atoms with Gasteiger partial charge in [-0.1, -0.05) is 6.92 Å². The zero-order chi connectivity index (χ0) is 15.7. The fourth-order valence-electron chi connectivity index (χ4n) is 1.82. The van der Waals surface area contributed by atoms with E-state index in [0.717, 1.165) is 13.0 Å². The van der Waals surface area contributed by atoms with E-state index in [2.05, 4.69) is 5.32 Å². The van der Waals surface area contributed by atoms with Crippen LogP contribution in [0.2, 0.25) is 0 Å². The third-order valence-corrected chi connectivity index (χ3v) is 2.98. The number of rotatable bonds is 10. The minimum atomic E-state index is -0.377. The van der Waals surface area contributed by atoms with E-state index in [1.807, 2.05) is 6.92 Å². The van der Waals surface area contributed by atoms with Crippen LogP contribution in [0.15, 0.2) is 18.2 Å². The second kappa shape index (κ2) is 9.07. The van der Waals surface area contributed by atoms with Crippen LogP contribution in [-0.4, -0.2) is 39.3 Å². The van der Waals surface area contributed by atoms with Gasteiger partial charge in [0.25, 0.3) is 0 Å². The molecule has 0 spiro atoms. The summed E-state index contributed by atoms with van der Waals surface area (Å²) in [6, 6.07) is 4.92. The highest BCUT2D eigenvalue weighted by molar-refractivity contribution is 5.79. The second-order valence-electron chi connectivity index (χ2n) is 4.59. The van der Waals surface area contributed by atoms with Gasteiger partial charge in [0.2, 0.25) is 5.91 Å². The molecule has 118 valence electrons. The molecule has 1 rings (SSSR count). The number of ether oxygens (including phenoxy) is 3. The average molecular weight is 296 g/mol. The Morgan fingerprint density at radius 3 is 2.24 bits per heavy atom. The monoisotopic (exact) mass is 296 g/mol. The minimum Gasteiger partial charge on any atom is -0.496 e. The fourth-order valence-corrected chi connectivity index (χ4v) is 1.82. The van der Waals surface area contributed by atoms with Gasteiger partial charge in [0.15, 0.2) is 0 Å². The molecule has 0 aromatic heterocycles. The van der Waals surface area contributed by atoms with Crippen LogP contribution in [0.1, 0.15) is 19.8 Å². The van der Waals surface area contributed by atoms with Crippen molar-refractivity contribution in [3.05, 3.63) is 18.2 Å². The van der Waals surface area contributed by atoms with Crippen LogP contribution in [0, 0.1) is 0 Å². The molecular formula is C15H24N2O4. The SMILES string of the molecule is CCCNC(CCOc1cc(OC)cc(OC)c1)C(N)=O. The first-order chi connectivity index (χ1) is 10.1. The maximum Gasteiger partial charge on any atom is 0.234 e. The largest absolute Gasteiger partial charge is 0.496 e. The van der Waals surface area contributed by atoms with Crippen molar-refractivity contribution in [2.24, 2.45) is 5.73 Å². The summed E-state index contributed by atoms with van der Waals surface area (Å²) in [6.07, 6.45) is 1.45. The number of primary amides is 1. The van der Waals surface area contributed by atoms with Crippen molar-refractivity contribution >= 4 is 5.91 Å². The van der Waals surface area contributed by atoms with E-state index in [9.17, 15) is 4.79 Å². The Balaban J connectivity index is 2.55. The maximum atomic E-state index is 11.3. The topological polar surface area (TPSA) is 82.8 Å². The molecule has 3 N–H and O–H groups in total. The van der Waals surface area contributed by atoms with E-state index < -0.39 is 0 Å². The molecule has 0 aliphatic rings. The Hall–Kier alpha value is -1.95. The van der Waals surface area contributed by atoms with E-state index in [4.69, 9.17) is 19.9 Å². The van der Waals surface area contributed by atoms with Crippen molar-refractivity contribution in [3.8, 4) is 17.2 Å². The number of hydrogen-bond donors (Lipinski definition) is 2. The third-order valence-electron chi connectivity index (χ3n) is 2.98. The fraction of sp³-hybridized carbons (Fsp3) is 0.533. The molecule has 0 radical (unpaired) electrons. The molecule has 0 saturated heterocycles. The number of carbonyl (C=O) groups excluding carboxylic acids is 1. The summed E-state index contributed by atoms with van der Waals surface area (Å²) in [4.78, 5) is 11.3. The third kappa shape index (κ3) is 5.91. The molecule has 1 amide bonds. The molecule has 21 heavy (non-hydrogen) atoms. The van der Waals surface area contributed by atoms with Crippen molar-refractivity contribution in [2.45, 2.75) is 25.8 Å².